The van der Waals surface area contributed by atoms with Gasteiger partial charge in [-0.1, -0.05) is 18.2 Å². The molecular formula is C15H22O2. The monoisotopic (exact) mass is 234 g/mol. The molecule has 0 N–H and O–H groups in total. The van der Waals surface area contributed by atoms with Crippen molar-refractivity contribution in [2.75, 3.05) is 13.2 Å². The van der Waals surface area contributed by atoms with E-state index in [0.29, 0.717) is 17.8 Å². The Kier molecular flexibility index (Phi) is 2.87. The third-order valence-electron chi connectivity index (χ3n) is 4.89. The maximum Gasteiger partial charge on any atom is 0.168 e. The summed E-state index contributed by atoms with van der Waals surface area (Å²) in [5.41, 5.74) is 1.45. The molecule has 1 heterocycles. The minimum Gasteiger partial charge on any atom is -0.348 e. The summed E-state index contributed by atoms with van der Waals surface area (Å²) < 4.78 is 11.7. The molecule has 0 radical (unpaired) electrons. The van der Waals surface area contributed by atoms with Crippen molar-refractivity contribution in [3.8, 4) is 0 Å². The molecule has 3 aliphatic rings. The lowest BCUT2D eigenvalue weighted by atomic mass is 9.62. The molecule has 3 fully saturated rings. The van der Waals surface area contributed by atoms with Gasteiger partial charge in [0.05, 0.1) is 13.2 Å². The van der Waals surface area contributed by atoms with Crippen molar-refractivity contribution >= 4 is 0 Å². The Morgan fingerprint density at radius 2 is 2.00 bits per heavy atom. The van der Waals surface area contributed by atoms with Gasteiger partial charge in [-0.2, -0.15) is 0 Å². The average molecular weight is 234 g/mol. The topological polar surface area (TPSA) is 18.5 Å². The minimum absolute atomic E-state index is 0.264. The Labute approximate surface area is 104 Å². The minimum atomic E-state index is -0.264. The first-order chi connectivity index (χ1) is 8.24. The van der Waals surface area contributed by atoms with Crippen molar-refractivity contribution in [1.29, 1.82) is 0 Å². The van der Waals surface area contributed by atoms with E-state index in [1.54, 1.807) is 0 Å². The molecule has 17 heavy (non-hydrogen) atoms. The van der Waals surface area contributed by atoms with Crippen molar-refractivity contribution in [3.63, 3.8) is 0 Å². The van der Waals surface area contributed by atoms with Crippen LogP contribution in [0.25, 0.3) is 0 Å². The smallest absolute Gasteiger partial charge is 0.168 e. The van der Waals surface area contributed by atoms with Gasteiger partial charge in [-0.15, -0.1) is 6.58 Å². The fraction of sp³-hybridized carbons (Fsp3) is 0.733. The van der Waals surface area contributed by atoms with Crippen LogP contribution < -0.4 is 0 Å². The maximum atomic E-state index is 5.87. The SMILES string of the molecule is C=C[C@@H]1CCC(=C)[C@@H]2CCC3(C[C@@H]12)OCCO3. The number of allylic oxidation sites excluding steroid dienone is 2. The summed E-state index contributed by atoms with van der Waals surface area (Å²) in [4.78, 5) is 0. The van der Waals surface area contributed by atoms with Crippen LogP contribution in [0.5, 0.6) is 0 Å². The highest BCUT2D eigenvalue weighted by molar-refractivity contribution is 5.13. The van der Waals surface area contributed by atoms with E-state index < -0.39 is 0 Å². The fourth-order valence-electron chi connectivity index (χ4n) is 3.95. The van der Waals surface area contributed by atoms with Gasteiger partial charge in [0.15, 0.2) is 5.79 Å². The summed E-state index contributed by atoms with van der Waals surface area (Å²) in [6, 6.07) is 0. The Morgan fingerprint density at radius 1 is 1.24 bits per heavy atom. The molecular weight excluding hydrogens is 212 g/mol. The van der Waals surface area contributed by atoms with E-state index in [1.165, 1.54) is 24.8 Å². The molecule has 3 atom stereocenters. The predicted octanol–water partition coefficient (Wildman–Crippen LogP) is 3.30. The Balaban J connectivity index is 1.81. The van der Waals surface area contributed by atoms with Crippen LogP contribution in [0, 0.1) is 17.8 Å². The van der Waals surface area contributed by atoms with Gasteiger partial charge < -0.3 is 9.47 Å². The van der Waals surface area contributed by atoms with Gasteiger partial charge in [-0.25, -0.2) is 0 Å². The van der Waals surface area contributed by atoms with E-state index in [-0.39, 0.29) is 5.79 Å². The zero-order valence-corrected chi connectivity index (χ0v) is 10.5. The van der Waals surface area contributed by atoms with Gasteiger partial charge in [0, 0.05) is 12.8 Å². The summed E-state index contributed by atoms with van der Waals surface area (Å²) in [7, 11) is 0. The summed E-state index contributed by atoms with van der Waals surface area (Å²) in [5.74, 6) is 1.67. The van der Waals surface area contributed by atoms with Crippen LogP contribution in [0.2, 0.25) is 0 Å². The van der Waals surface area contributed by atoms with Gasteiger partial charge in [-0.3, -0.25) is 0 Å². The Hall–Kier alpha value is -0.600. The largest absolute Gasteiger partial charge is 0.348 e. The molecule has 2 aliphatic carbocycles. The van der Waals surface area contributed by atoms with Crippen molar-refractivity contribution in [2.24, 2.45) is 17.8 Å². The predicted molar refractivity (Wildman–Crippen MR) is 67.5 cm³/mol. The zero-order valence-electron chi connectivity index (χ0n) is 10.5. The molecule has 2 saturated carbocycles. The Morgan fingerprint density at radius 3 is 2.71 bits per heavy atom. The van der Waals surface area contributed by atoms with Crippen LogP contribution in [0.4, 0.5) is 0 Å². The molecule has 0 amide bonds. The van der Waals surface area contributed by atoms with Gasteiger partial charge in [0.25, 0.3) is 0 Å². The molecule has 94 valence electrons. The summed E-state index contributed by atoms with van der Waals surface area (Å²) in [6.07, 6.45) is 7.77. The number of hydrogen-bond donors (Lipinski definition) is 0. The van der Waals surface area contributed by atoms with Crippen molar-refractivity contribution in [3.05, 3.63) is 24.8 Å². The number of ether oxygens (including phenoxy) is 2. The summed E-state index contributed by atoms with van der Waals surface area (Å²) >= 11 is 0. The molecule has 1 aliphatic heterocycles. The average Bonchev–Trinajstić information content (AvgIpc) is 2.78. The quantitative estimate of drug-likeness (QED) is 0.648. The summed E-state index contributed by atoms with van der Waals surface area (Å²) in [6.45, 7) is 9.79. The molecule has 0 aromatic carbocycles. The van der Waals surface area contributed by atoms with Gasteiger partial charge in [0.2, 0.25) is 0 Å². The highest BCUT2D eigenvalue weighted by Crippen LogP contribution is 2.51. The first kappa shape index (κ1) is 11.5. The van der Waals surface area contributed by atoms with E-state index in [2.05, 4.69) is 19.2 Å². The standard InChI is InChI=1S/C15H22O2/c1-3-12-5-4-11(2)13-6-7-15(10-14(12)13)16-8-9-17-15/h3,12-14H,1-2,4-10H2/t12-,13+,14+/m1/s1. The third kappa shape index (κ3) is 1.88. The zero-order chi connectivity index (χ0) is 11.9. The second-order valence-corrected chi connectivity index (χ2v) is 5.72. The molecule has 1 saturated heterocycles. The number of fused-ring (bicyclic) bond motifs is 1. The van der Waals surface area contributed by atoms with E-state index in [0.717, 1.165) is 26.1 Å². The lowest BCUT2D eigenvalue weighted by molar-refractivity contribution is -0.197. The molecule has 0 aromatic heterocycles. The van der Waals surface area contributed by atoms with E-state index in [4.69, 9.17) is 9.47 Å². The van der Waals surface area contributed by atoms with Crippen molar-refractivity contribution in [1.82, 2.24) is 0 Å². The molecule has 3 rings (SSSR count). The van der Waals surface area contributed by atoms with Crippen LogP contribution in [-0.4, -0.2) is 19.0 Å². The van der Waals surface area contributed by atoms with Gasteiger partial charge >= 0.3 is 0 Å². The third-order valence-corrected chi connectivity index (χ3v) is 4.89. The van der Waals surface area contributed by atoms with Crippen LogP contribution >= 0.6 is 0 Å². The van der Waals surface area contributed by atoms with Crippen LogP contribution in [-0.2, 0) is 9.47 Å². The van der Waals surface area contributed by atoms with Crippen LogP contribution in [0.1, 0.15) is 32.1 Å². The molecule has 0 bridgehead atoms. The van der Waals surface area contributed by atoms with Gasteiger partial charge in [-0.05, 0) is 37.0 Å². The molecule has 2 heteroatoms. The van der Waals surface area contributed by atoms with Crippen molar-refractivity contribution in [2.45, 2.75) is 37.9 Å². The highest BCUT2D eigenvalue weighted by Gasteiger charge is 2.48. The first-order valence-electron chi connectivity index (χ1n) is 6.82. The lowest BCUT2D eigenvalue weighted by Gasteiger charge is -2.47. The van der Waals surface area contributed by atoms with E-state index >= 15 is 0 Å². The Bertz CT molecular complexity index is 328. The molecule has 2 nitrogen and oxygen atoms in total. The summed E-state index contributed by atoms with van der Waals surface area (Å²) in [5, 5.41) is 0. The lowest BCUT2D eigenvalue weighted by Crippen LogP contribution is -2.44. The molecule has 1 spiro atoms. The highest BCUT2D eigenvalue weighted by atomic mass is 16.7. The molecule has 0 aromatic rings. The normalized spacial score (nSPS) is 40.2. The van der Waals surface area contributed by atoms with Crippen LogP contribution in [0.3, 0.4) is 0 Å². The maximum absolute atomic E-state index is 5.87. The number of hydrogen-bond acceptors (Lipinski definition) is 2. The van der Waals surface area contributed by atoms with Crippen molar-refractivity contribution < 1.29 is 9.47 Å². The van der Waals surface area contributed by atoms with E-state index in [9.17, 15) is 0 Å². The van der Waals surface area contributed by atoms with Crippen LogP contribution in [0.15, 0.2) is 24.8 Å². The molecule has 0 unspecified atom stereocenters. The second kappa shape index (κ2) is 4.25. The fourth-order valence-corrected chi connectivity index (χ4v) is 3.95. The first-order valence-corrected chi connectivity index (χ1v) is 6.82. The second-order valence-electron chi connectivity index (χ2n) is 5.72. The van der Waals surface area contributed by atoms with Gasteiger partial charge in [0.1, 0.15) is 0 Å². The number of rotatable bonds is 1. The van der Waals surface area contributed by atoms with E-state index in [1.807, 2.05) is 0 Å².